The van der Waals surface area contributed by atoms with E-state index in [0.29, 0.717) is 30.9 Å². The van der Waals surface area contributed by atoms with Crippen LogP contribution in [-0.4, -0.2) is 48.4 Å². The molecule has 34 heavy (non-hydrogen) atoms. The number of amides is 1. The van der Waals surface area contributed by atoms with E-state index in [1.165, 1.54) is 28.4 Å². The van der Waals surface area contributed by atoms with Crippen LogP contribution in [0.4, 0.5) is 10.1 Å². The zero-order chi connectivity index (χ0) is 23.8. The highest BCUT2D eigenvalue weighted by atomic mass is 32.1. The summed E-state index contributed by atoms with van der Waals surface area (Å²) in [5, 5.41) is 13.2. The quantitative estimate of drug-likeness (QED) is 0.335. The maximum absolute atomic E-state index is 13.3. The fraction of sp³-hybridized carbons (Fsp3) is 0.231. The molecule has 0 spiro atoms. The van der Waals surface area contributed by atoms with Crippen molar-refractivity contribution >= 4 is 34.5 Å². The first-order valence-corrected chi connectivity index (χ1v) is 11.9. The van der Waals surface area contributed by atoms with Crippen LogP contribution in [0, 0.1) is 5.82 Å². The third-order valence-electron chi connectivity index (χ3n) is 6.24. The number of fused-ring (bicyclic) bond motifs is 1. The number of ketones is 1. The number of thiophene rings is 1. The van der Waals surface area contributed by atoms with Crippen molar-refractivity contribution in [3.05, 3.63) is 87.4 Å². The highest BCUT2D eigenvalue weighted by molar-refractivity contribution is 7.10. The van der Waals surface area contributed by atoms with Crippen molar-refractivity contribution in [2.24, 2.45) is 0 Å². The summed E-state index contributed by atoms with van der Waals surface area (Å²) < 4.78 is 18.9. The normalized spacial score (nSPS) is 19.3. The zero-order valence-electron chi connectivity index (χ0n) is 18.5. The number of carbonyl (C=O) groups is 2. The lowest BCUT2D eigenvalue weighted by Crippen LogP contribution is -2.31. The third-order valence-corrected chi connectivity index (χ3v) is 7.16. The van der Waals surface area contributed by atoms with Gasteiger partial charge in [0.15, 0.2) is 0 Å². The van der Waals surface area contributed by atoms with Crippen LogP contribution in [0.25, 0.3) is 5.76 Å². The summed E-state index contributed by atoms with van der Waals surface area (Å²) in [6, 6.07) is 14.3. The van der Waals surface area contributed by atoms with Gasteiger partial charge in [-0.05, 0) is 53.8 Å². The van der Waals surface area contributed by atoms with E-state index in [-0.39, 0.29) is 23.7 Å². The molecule has 0 bridgehead atoms. The zero-order valence-corrected chi connectivity index (χ0v) is 19.3. The molecule has 8 heteroatoms. The number of likely N-dealkylation sites (N-methyl/N-ethyl adjacent to an activating group) is 1. The lowest BCUT2D eigenvalue weighted by molar-refractivity contribution is -0.139. The minimum absolute atomic E-state index is 0.0749. The monoisotopic (exact) mass is 478 g/mol. The number of carbonyl (C=O) groups excluding carboxylic acids is 2. The van der Waals surface area contributed by atoms with Gasteiger partial charge in [0.05, 0.1) is 23.8 Å². The fourth-order valence-corrected chi connectivity index (χ4v) is 5.25. The molecular formula is C26H23FN2O4S. The Morgan fingerprint density at radius 3 is 2.71 bits per heavy atom. The number of Topliss-reactive ketones (excluding diaryl/α,β-unsaturated/α-hetero) is 1. The second-order valence-corrected chi connectivity index (χ2v) is 9.32. The van der Waals surface area contributed by atoms with E-state index in [4.69, 9.17) is 4.74 Å². The van der Waals surface area contributed by atoms with Crippen molar-refractivity contribution in [1.29, 1.82) is 0 Å². The van der Waals surface area contributed by atoms with Crippen molar-refractivity contribution < 1.29 is 23.8 Å². The number of anilines is 1. The van der Waals surface area contributed by atoms with Crippen LogP contribution in [0.3, 0.4) is 0 Å². The van der Waals surface area contributed by atoms with E-state index in [9.17, 15) is 19.1 Å². The molecule has 2 aromatic carbocycles. The largest absolute Gasteiger partial charge is 0.507 e. The number of benzene rings is 2. The topological polar surface area (TPSA) is 70.1 Å². The molecule has 2 aliphatic heterocycles. The van der Waals surface area contributed by atoms with Crippen LogP contribution in [0.1, 0.15) is 22.0 Å². The van der Waals surface area contributed by atoms with Crippen molar-refractivity contribution in [2.45, 2.75) is 12.5 Å². The van der Waals surface area contributed by atoms with Crippen molar-refractivity contribution in [3.8, 4) is 5.75 Å². The molecule has 0 saturated carbocycles. The summed E-state index contributed by atoms with van der Waals surface area (Å²) in [6.45, 7) is 1.54. The predicted molar refractivity (Wildman–Crippen MR) is 129 cm³/mol. The molecule has 2 aliphatic rings. The molecule has 3 aromatic rings. The Kier molecular flexibility index (Phi) is 5.83. The molecule has 3 heterocycles. The highest BCUT2D eigenvalue weighted by Crippen LogP contribution is 2.42. The lowest BCUT2D eigenvalue weighted by atomic mass is 9.99. The summed E-state index contributed by atoms with van der Waals surface area (Å²) in [5.74, 6) is -1.19. The van der Waals surface area contributed by atoms with Gasteiger partial charge < -0.3 is 19.6 Å². The second-order valence-electron chi connectivity index (χ2n) is 8.34. The molecule has 0 radical (unpaired) electrons. The predicted octanol–water partition coefficient (Wildman–Crippen LogP) is 4.38. The number of hydrogen-bond acceptors (Lipinski definition) is 6. The molecule has 5 rings (SSSR count). The van der Waals surface area contributed by atoms with Crippen LogP contribution < -0.4 is 9.64 Å². The molecule has 0 aliphatic carbocycles. The first-order chi connectivity index (χ1) is 16.4. The van der Waals surface area contributed by atoms with Crippen LogP contribution in [-0.2, 0) is 16.0 Å². The number of halogens is 1. The molecular weight excluding hydrogens is 455 g/mol. The summed E-state index contributed by atoms with van der Waals surface area (Å²) in [7, 11) is 1.94. The number of hydrogen-bond donors (Lipinski definition) is 1. The summed E-state index contributed by atoms with van der Waals surface area (Å²) in [4.78, 5) is 30.5. The van der Waals surface area contributed by atoms with Gasteiger partial charge in [-0.1, -0.05) is 18.2 Å². The maximum Gasteiger partial charge on any atom is 0.295 e. The molecule has 6 nitrogen and oxygen atoms in total. The summed E-state index contributed by atoms with van der Waals surface area (Å²) in [5.41, 5.74) is 2.19. The number of aliphatic hydroxyl groups excluding tert-OH is 1. The molecule has 1 N–H and O–H groups in total. The Morgan fingerprint density at radius 2 is 1.97 bits per heavy atom. The minimum atomic E-state index is -0.711. The molecule has 1 amide bonds. The average molecular weight is 479 g/mol. The Hall–Kier alpha value is -3.65. The fourth-order valence-electron chi connectivity index (χ4n) is 4.41. The van der Waals surface area contributed by atoms with Gasteiger partial charge >= 0.3 is 0 Å². The van der Waals surface area contributed by atoms with Gasteiger partial charge in [0.1, 0.15) is 23.9 Å². The van der Waals surface area contributed by atoms with E-state index in [0.717, 1.165) is 16.1 Å². The molecule has 1 atom stereocenters. The van der Waals surface area contributed by atoms with Crippen LogP contribution >= 0.6 is 11.3 Å². The van der Waals surface area contributed by atoms with Gasteiger partial charge in [-0.25, -0.2) is 4.39 Å². The Morgan fingerprint density at radius 1 is 1.18 bits per heavy atom. The van der Waals surface area contributed by atoms with Crippen molar-refractivity contribution in [1.82, 2.24) is 4.90 Å². The molecule has 1 fully saturated rings. The number of aliphatic hydroxyl groups is 1. The third kappa shape index (κ3) is 3.94. The first kappa shape index (κ1) is 22.2. The van der Waals surface area contributed by atoms with Crippen molar-refractivity contribution in [3.63, 3.8) is 0 Å². The maximum atomic E-state index is 13.3. The minimum Gasteiger partial charge on any atom is -0.507 e. The summed E-state index contributed by atoms with van der Waals surface area (Å²) in [6.07, 6.45) is 0.455. The lowest BCUT2D eigenvalue weighted by Gasteiger charge is -2.28. The van der Waals surface area contributed by atoms with Gasteiger partial charge in [-0.3, -0.25) is 9.59 Å². The van der Waals surface area contributed by atoms with Crippen LogP contribution in [0.2, 0.25) is 0 Å². The van der Waals surface area contributed by atoms with Gasteiger partial charge in [0, 0.05) is 24.0 Å². The highest BCUT2D eigenvalue weighted by Gasteiger charge is 2.46. The van der Waals surface area contributed by atoms with Gasteiger partial charge in [-0.2, -0.15) is 0 Å². The van der Waals surface area contributed by atoms with Gasteiger partial charge in [0.25, 0.3) is 11.7 Å². The molecule has 1 aromatic heterocycles. The Bertz CT molecular complexity index is 1270. The van der Waals surface area contributed by atoms with E-state index in [1.807, 2.05) is 29.5 Å². The molecule has 174 valence electrons. The number of likely N-dealkylation sites (tertiary alicyclic amines) is 1. The Balaban J connectivity index is 1.53. The second kappa shape index (κ2) is 8.95. The van der Waals surface area contributed by atoms with E-state index in [1.54, 1.807) is 30.3 Å². The average Bonchev–Trinajstić information content (AvgIpc) is 3.46. The van der Waals surface area contributed by atoms with Crippen LogP contribution in [0.5, 0.6) is 5.75 Å². The number of ether oxygens (including phenoxy) is 1. The van der Waals surface area contributed by atoms with Gasteiger partial charge in [0.2, 0.25) is 0 Å². The summed E-state index contributed by atoms with van der Waals surface area (Å²) >= 11 is 1.42. The van der Waals surface area contributed by atoms with E-state index in [2.05, 4.69) is 0 Å². The smallest absolute Gasteiger partial charge is 0.295 e. The number of rotatable bonds is 5. The first-order valence-electron chi connectivity index (χ1n) is 11.0. The molecule has 1 saturated heterocycles. The van der Waals surface area contributed by atoms with Crippen LogP contribution in [0.15, 0.2) is 65.6 Å². The standard InChI is InChI=1S/C26H23FN2O4S/c1-28-12-13-33-20-9-6-17(15-19(20)28)24(30)22-23(21-3-2-14-34-21)29(26(32)25(22)31)11-10-16-4-7-18(27)8-5-16/h2-9,14-15,23,30H,10-13H2,1H3/b24-22-. The molecule has 1 unspecified atom stereocenters. The Labute approximate surface area is 200 Å². The SMILES string of the molecule is CN1CCOc2ccc(/C(O)=C3/C(=O)C(=O)N(CCc4ccc(F)cc4)C3c3cccs3)cc21. The van der Waals surface area contributed by atoms with Crippen molar-refractivity contribution in [2.75, 3.05) is 31.6 Å². The van der Waals surface area contributed by atoms with Gasteiger partial charge in [-0.15, -0.1) is 11.3 Å². The van der Waals surface area contributed by atoms with E-state index < -0.39 is 17.7 Å². The van der Waals surface area contributed by atoms with E-state index >= 15 is 0 Å². The number of nitrogens with zero attached hydrogens (tertiary/aromatic N) is 2.